The summed E-state index contributed by atoms with van der Waals surface area (Å²) in [5.74, 6) is 1.20. The Labute approximate surface area is 156 Å². The smallest absolute Gasteiger partial charge is 0.301 e. The van der Waals surface area contributed by atoms with Crippen molar-refractivity contribution in [1.82, 2.24) is 25.0 Å². The standard InChI is InChI=1S/C18H20N6O3/c1-23(27-3)18(25)16-17(20-12-13-7-9-14(26-2)10-8-13)22-24(21-16)15-6-4-5-11-19-15/h4-11H,12H2,1-3H3,(H,20,22). The molecule has 9 heteroatoms. The maximum atomic E-state index is 12.5. The van der Waals surface area contributed by atoms with Crippen LogP contribution in [0, 0.1) is 0 Å². The molecule has 0 saturated heterocycles. The molecule has 0 aliphatic carbocycles. The number of hydroxylamine groups is 2. The molecule has 3 aromatic rings. The Hall–Kier alpha value is -3.46. The number of hydrogen-bond donors (Lipinski definition) is 1. The van der Waals surface area contributed by atoms with Crippen molar-refractivity contribution < 1.29 is 14.4 Å². The van der Waals surface area contributed by atoms with E-state index in [9.17, 15) is 4.79 Å². The van der Waals surface area contributed by atoms with Crippen molar-refractivity contribution in [2.45, 2.75) is 6.54 Å². The highest BCUT2D eigenvalue weighted by Crippen LogP contribution is 2.17. The Morgan fingerprint density at radius 1 is 1.15 bits per heavy atom. The van der Waals surface area contributed by atoms with Gasteiger partial charge in [0.25, 0.3) is 0 Å². The Morgan fingerprint density at radius 3 is 2.56 bits per heavy atom. The Balaban J connectivity index is 1.86. The van der Waals surface area contributed by atoms with Crippen molar-refractivity contribution in [2.24, 2.45) is 0 Å². The minimum absolute atomic E-state index is 0.138. The van der Waals surface area contributed by atoms with E-state index >= 15 is 0 Å². The van der Waals surface area contributed by atoms with E-state index in [2.05, 4.69) is 20.5 Å². The van der Waals surface area contributed by atoms with Crippen LogP contribution in [0.3, 0.4) is 0 Å². The first-order chi connectivity index (χ1) is 13.1. The van der Waals surface area contributed by atoms with E-state index in [0.717, 1.165) is 16.4 Å². The summed E-state index contributed by atoms with van der Waals surface area (Å²) in [5, 5.41) is 12.9. The first kappa shape index (κ1) is 18.3. The summed E-state index contributed by atoms with van der Waals surface area (Å²) in [7, 11) is 4.54. The lowest BCUT2D eigenvalue weighted by atomic mass is 10.2. The van der Waals surface area contributed by atoms with Gasteiger partial charge in [0.15, 0.2) is 17.3 Å². The minimum Gasteiger partial charge on any atom is -0.497 e. The molecule has 0 aliphatic rings. The molecule has 1 aromatic carbocycles. The van der Waals surface area contributed by atoms with Crippen LogP contribution in [0.15, 0.2) is 48.7 Å². The second kappa shape index (κ2) is 8.28. The monoisotopic (exact) mass is 368 g/mol. The van der Waals surface area contributed by atoms with E-state index in [0.29, 0.717) is 18.2 Å². The quantitative estimate of drug-likeness (QED) is 0.637. The van der Waals surface area contributed by atoms with Gasteiger partial charge in [-0.2, -0.15) is 0 Å². The molecule has 27 heavy (non-hydrogen) atoms. The molecule has 1 amide bonds. The van der Waals surface area contributed by atoms with Crippen LogP contribution < -0.4 is 10.1 Å². The van der Waals surface area contributed by atoms with Gasteiger partial charge in [0.05, 0.1) is 14.2 Å². The van der Waals surface area contributed by atoms with Gasteiger partial charge in [-0.1, -0.05) is 18.2 Å². The van der Waals surface area contributed by atoms with Gasteiger partial charge < -0.3 is 10.1 Å². The highest BCUT2D eigenvalue weighted by Gasteiger charge is 2.23. The fourth-order valence-corrected chi connectivity index (χ4v) is 2.31. The average molecular weight is 368 g/mol. The molecular formula is C18H20N6O3. The van der Waals surface area contributed by atoms with E-state index in [1.165, 1.54) is 19.0 Å². The number of benzene rings is 1. The zero-order valence-electron chi connectivity index (χ0n) is 15.3. The number of ether oxygens (including phenoxy) is 1. The molecule has 2 heterocycles. The molecule has 2 aromatic heterocycles. The van der Waals surface area contributed by atoms with E-state index in [1.54, 1.807) is 25.4 Å². The zero-order chi connectivity index (χ0) is 19.2. The van der Waals surface area contributed by atoms with Crippen molar-refractivity contribution in [3.05, 3.63) is 59.9 Å². The van der Waals surface area contributed by atoms with Crippen LogP contribution in [-0.4, -0.2) is 52.2 Å². The van der Waals surface area contributed by atoms with E-state index in [1.807, 2.05) is 30.3 Å². The number of aromatic nitrogens is 4. The van der Waals surface area contributed by atoms with Crippen LogP contribution in [0.4, 0.5) is 5.82 Å². The molecule has 0 spiro atoms. The van der Waals surface area contributed by atoms with Gasteiger partial charge in [-0.25, -0.2) is 10.0 Å². The molecule has 9 nitrogen and oxygen atoms in total. The highest BCUT2D eigenvalue weighted by molar-refractivity contribution is 5.95. The van der Waals surface area contributed by atoms with Crippen LogP contribution in [0.5, 0.6) is 5.75 Å². The number of amides is 1. The van der Waals surface area contributed by atoms with E-state index in [-0.39, 0.29) is 5.69 Å². The van der Waals surface area contributed by atoms with Gasteiger partial charge in [-0.3, -0.25) is 9.63 Å². The fourth-order valence-electron chi connectivity index (χ4n) is 2.31. The van der Waals surface area contributed by atoms with Gasteiger partial charge in [0, 0.05) is 19.8 Å². The summed E-state index contributed by atoms with van der Waals surface area (Å²) in [6.07, 6.45) is 1.63. The lowest BCUT2D eigenvalue weighted by Crippen LogP contribution is -2.26. The van der Waals surface area contributed by atoms with E-state index in [4.69, 9.17) is 9.57 Å². The molecule has 0 bridgehead atoms. The number of anilines is 1. The number of carbonyl (C=O) groups is 1. The summed E-state index contributed by atoms with van der Waals surface area (Å²) in [5.41, 5.74) is 1.14. The molecule has 0 radical (unpaired) electrons. The lowest BCUT2D eigenvalue weighted by Gasteiger charge is -2.12. The second-order valence-corrected chi connectivity index (χ2v) is 5.56. The number of pyridine rings is 1. The summed E-state index contributed by atoms with van der Waals surface area (Å²) in [6.45, 7) is 0.460. The predicted molar refractivity (Wildman–Crippen MR) is 98.6 cm³/mol. The van der Waals surface area contributed by atoms with Gasteiger partial charge in [-0.05, 0) is 29.8 Å². The summed E-state index contributed by atoms with van der Waals surface area (Å²) in [6, 6.07) is 13.0. The highest BCUT2D eigenvalue weighted by atomic mass is 16.7. The largest absolute Gasteiger partial charge is 0.497 e. The molecule has 140 valence electrons. The minimum atomic E-state index is -0.420. The summed E-state index contributed by atoms with van der Waals surface area (Å²) >= 11 is 0. The zero-order valence-corrected chi connectivity index (χ0v) is 15.3. The number of rotatable bonds is 7. The van der Waals surface area contributed by atoms with Crippen molar-refractivity contribution in [2.75, 3.05) is 26.6 Å². The van der Waals surface area contributed by atoms with Crippen LogP contribution >= 0.6 is 0 Å². The molecule has 0 aliphatic heterocycles. The Kier molecular flexibility index (Phi) is 5.62. The summed E-state index contributed by atoms with van der Waals surface area (Å²) in [4.78, 5) is 23.0. The first-order valence-electron chi connectivity index (χ1n) is 8.20. The van der Waals surface area contributed by atoms with Gasteiger partial charge in [-0.15, -0.1) is 15.0 Å². The van der Waals surface area contributed by atoms with Gasteiger partial charge >= 0.3 is 5.91 Å². The van der Waals surface area contributed by atoms with Crippen LogP contribution in [-0.2, 0) is 11.4 Å². The predicted octanol–water partition coefficient (Wildman–Crippen LogP) is 1.92. The fraction of sp³-hybridized carbons (Fsp3) is 0.222. The van der Waals surface area contributed by atoms with Crippen molar-refractivity contribution in [1.29, 1.82) is 0 Å². The molecule has 0 unspecified atom stereocenters. The third-order valence-electron chi connectivity index (χ3n) is 3.85. The number of nitrogens with zero attached hydrogens (tertiary/aromatic N) is 5. The average Bonchev–Trinajstić information content (AvgIpc) is 3.16. The molecule has 0 saturated carbocycles. The lowest BCUT2D eigenvalue weighted by molar-refractivity contribution is -0.0760. The van der Waals surface area contributed by atoms with Gasteiger partial charge in [0.1, 0.15) is 5.75 Å². The van der Waals surface area contributed by atoms with Crippen molar-refractivity contribution in [3.63, 3.8) is 0 Å². The second-order valence-electron chi connectivity index (χ2n) is 5.56. The molecule has 3 rings (SSSR count). The van der Waals surface area contributed by atoms with Crippen LogP contribution in [0.2, 0.25) is 0 Å². The van der Waals surface area contributed by atoms with Crippen molar-refractivity contribution in [3.8, 4) is 11.6 Å². The molecule has 0 atom stereocenters. The number of nitrogens with one attached hydrogen (secondary N) is 1. The summed E-state index contributed by atoms with van der Waals surface area (Å²) < 4.78 is 5.16. The Bertz CT molecular complexity index is 895. The molecular weight excluding hydrogens is 348 g/mol. The van der Waals surface area contributed by atoms with E-state index < -0.39 is 5.91 Å². The number of hydrogen-bond acceptors (Lipinski definition) is 7. The maximum absolute atomic E-state index is 12.5. The molecule has 0 fully saturated rings. The third kappa shape index (κ3) is 4.21. The molecule has 1 N–H and O–H groups in total. The van der Waals surface area contributed by atoms with Gasteiger partial charge in [0.2, 0.25) is 0 Å². The van der Waals surface area contributed by atoms with Crippen molar-refractivity contribution >= 4 is 11.7 Å². The maximum Gasteiger partial charge on any atom is 0.301 e. The Morgan fingerprint density at radius 2 is 1.93 bits per heavy atom. The SMILES string of the molecule is COc1ccc(CNc2nn(-c3ccccn3)nc2C(=O)N(C)OC)cc1. The number of carbonyl (C=O) groups excluding carboxylic acids is 1. The van der Waals surface area contributed by atoms with Crippen LogP contribution in [0.25, 0.3) is 5.82 Å². The topological polar surface area (TPSA) is 94.4 Å². The normalized spacial score (nSPS) is 10.5. The first-order valence-corrected chi connectivity index (χ1v) is 8.20. The number of methoxy groups -OCH3 is 1. The van der Waals surface area contributed by atoms with Crippen LogP contribution in [0.1, 0.15) is 16.1 Å². The third-order valence-corrected chi connectivity index (χ3v) is 3.85.